The molecule has 3 aromatic heterocycles. The van der Waals surface area contributed by atoms with Crippen LogP contribution in [0.2, 0.25) is 5.02 Å². The van der Waals surface area contributed by atoms with Crippen molar-refractivity contribution in [1.82, 2.24) is 34.2 Å². The zero-order chi connectivity index (χ0) is 30.0. The van der Waals surface area contributed by atoms with Gasteiger partial charge in [-0.3, -0.25) is 9.36 Å². The first kappa shape index (κ1) is 28.6. The van der Waals surface area contributed by atoms with Gasteiger partial charge in [-0.05, 0) is 61.6 Å². The molecule has 1 aliphatic rings. The summed E-state index contributed by atoms with van der Waals surface area (Å²) in [5.74, 6) is 0.991. The SMILES string of the molecule is O=C(CCCCSc1nnc2c3ccccc3n(Cc3cccc(Cl)c3)c2n1)N1CCC(n2c(=O)[nH]c3ccccc32)CC1. The highest BCUT2D eigenvalue weighted by molar-refractivity contribution is 7.99. The number of para-hydroxylation sites is 3. The van der Waals surface area contributed by atoms with Gasteiger partial charge in [0.2, 0.25) is 11.1 Å². The van der Waals surface area contributed by atoms with E-state index >= 15 is 0 Å². The van der Waals surface area contributed by atoms with E-state index in [1.165, 1.54) is 0 Å². The number of benzene rings is 3. The van der Waals surface area contributed by atoms with Gasteiger partial charge in [-0.1, -0.05) is 65.8 Å². The number of thioether (sulfide) groups is 1. The van der Waals surface area contributed by atoms with Gasteiger partial charge in [-0.2, -0.15) is 0 Å². The first-order valence-corrected chi connectivity index (χ1v) is 16.4. The van der Waals surface area contributed by atoms with Crippen LogP contribution in [0, 0.1) is 0 Å². The van der Waals surface area contributed by atoms with E-state index < -0.39 is 0 Å². The molecule has 7 rings (SSSR count). The third kappa shape index (κ3) is 5.71. The molecule has 1 amide bonds. The smallest absolute Gasteiger partial charge is 0.326 e. The molecule has 1 aliphatic heterocycles. The Morgan fingerprint density at radius 1 is 0.955 bits per heavy atom. The van der Waals surface area contributed by atoms with Gasteiger partial charge in [0, 0.05) is 48.3 Å². The van der Waals surface area contributed by atoms with Gasteiger partial charge in [0.1, 0.15) is 5.52 Å². The molecule has 3 aromatic carbocycles. The second-order valence-electron chi connectivity index (χ2n) is 11.2. The summed E-state index contributed by atoms with van der Waals surface area (Å²) in [5, 5.41) is 11.3. The largest absolute Gasteiger partial charge is 0.343 e. The number of nitrogens with zero attached hydrogens (tertiary/aromatic N) is 6. The van der Waals surface area contributed by atoms with Crippen LogP contribution in [-0.4, -0.2) is 58.9 Å². The van der Waals surface area contributed by atoms with E-state index in [1.54, 1.807) is 11.8 Å². The van der Waals surface area contributed by atoms with E-state index in [4.69, 9.17) is 16.6 Å². The maximum Gasteiger partial charge on any atom is 0.326 e. The maximum atomic E-state index is 12.9. The molecule has 9 nitrogen and oxygen atoms in total. The fourth-order valence-corrected chi connectivity index (χ4v) is 7.23. The Balaban J connectivity index is 0.935. The number of halogens is 1. The molecule has 4 heterocycles. The fourth-order valence-electron chi connectivity index (χ4n) is 6.24. The number of hydrogen-bond donors (Lipinski definition) is 1. The van der Waals surface area contributed by atoms with Crippen molar-refractivity contribution < 1.29 is 4.79 Å². The number of nitrogens with one attached hydrogen (secondary N) is 1. The van der Waals surface area contributed by atoms with Crippen LogP contribution in [0.25, 0.3) is 33.1 Å². The van der Waals surface area contributed by atoms with Crippen LogP contribution in [-0.2, 0) is 11.3 Å². The van der Waals surface area contributed by atoms with Crippen LogP contribution in [0.1, 0.15) is 43.7 Å². The second kappa shape index (κ2) is 12.5. The fraction of sp³-hybridized carbons (Fsp3) is 0.303. The number of H-pyrrole nitrogens is 1. The Hall–Kier alpha value is -4.15. The van der Waals surface area contributed by atoms with Crippen LogP contribution in [0.4, 0.5) is 0 Å². The summed E-state index contributed by atoms with van der Waals surface area (Å²) in [6, 6.07) is 23.9. The minimum absolute atomic E-state index is 0.0746. The summed E-state index contributed by atoms with van der Waals surface area (Å²) in [6.07, 6.45) is 3.77. The minimum Gasteiger partial charge on any atom is -0.343 e. The Labute approximate surface area is 263 Å². The summed E-state index contributed by atoms with van der Waals surface area (Å²) in [6.45, 7) is 1.98. The number of hydrogen-bond acceptors (Lipinski definition) is 6. The molecule has 11 heteroatoms. The maximum absolute atomic E-state index is 12.9. The first-order chi connectivity index (χ1) is 21.5. The molecule has 0 saturated carbocycles. The standard InChI is InChI=1S/C33H32ClN7O2S/c34-23-9-7-8-22(20-23)21-40-27-12-3-1-10-25(27)30-31(40)36-32(38-37-30)44-19-6-5-14-29(42)39-17-15-24(16-18-39)41-28-13-4-2-11-26(28)35-33(41)43/h1-4,7-13,20,24H,5-6,14-19,21H2,(H,35,43). The molecule has 224 valence electrons. The van der Waals surface area contributed by atoms with Crippen molar-refractivity contribution in [2.75, 3.05) is 18.8 Å². The number of imidazole rings is 1. The molecule has 0 bridgehead atoms. The van der Waals surface area contributed by atoms with Crippen molar-refractivity contribution in [2.24, 2.45) is 0 Å². The zero-order valence-corrected chi connectivity index (χ0v) is 25.7. The van der Waals surface area contributed by atoms with E-state index in [0.717, 1.165) is 70.1 Å². The number of carbonyl (C=O) groups is 1. The topological polar surface area (TPSA) is 102 Å². The Morgan fingerprint density at radius 3 is 2.59 bits per heavy atom. The van der Waals surface area contributed by atoms with Crippen LogP contribution in [0.15, 0.2) is 82.7 Å². The van der Waals surface area contributed by atoms with Gasteiger partial charge in [0.15, 0.2) is 5.65 Å². The highest BCUT2D eigenvalue weighted by atomic mass is 35.5. The summed E-state index contributed by atoms with van der Waals surface area (Å²) in [4.78, 5) is 35.3. The monoisotopic (exact) mass is 625 g/mol. The van der Waals surface area contributed by atoms with E-state index in [0.29, 0.717) is 36.2 Å². The molecule has 0 aliphatic carbocycles. The molecular formula is C33H32ClN7O2S. The molecule has 1 N–H and O–H groups in total. The van der Waals surface area contributed by atoms with Crippen LogP contribution in [0.5, 0.6) is 0 Å². The van der Waals surface area contributed by atoms with E-state index in [9.17, 15) is 9.59 Å². The number of fused-ring (bicyclic) bond motifs is 4. The Kier molecular flexibility index (Phi) is 8.10. The second-order valence-corrected chi connectivity index (χ2v) is 12.7. The molecular weight excluding hydrogens is 594 g/mol. The number of likely N-dealkylation sites (tertiary alicyclic amines) is 1. The average molecular weight is 626 g/mol. The molecule has 0 radical (unpaired) electrons. The van der Waals surface area contributed by atoms with Crippen molar-refractivity contribution >= 4 is 62.4 Å². The lowest BCUT2D eigenvalue weighted by molar-refractivity contribution is -0.132. The Bertz CT molecular complexity index is 2030. The van der Waals surface area contributed by atoms with Gasteiger partial charge in [0.25, 0.3) is 0 Å². The van der Waals surface area contributed by atoms with Crippen molar-refractivity contribution in [3.63, 3.8) is 0 Å². The molecule has 1 fully saturated rings. The molecule has 0 atom stereocenters. The first-order valence-electron chi connectivity index (χ1n) is 15.0. The lowest BCUT2D eigenvalue weighted by Crippen LogP contribution is -2.40. The van der Waals surface area contributed by atoms with Gasteiger partial charge in [0.05, 0.1) is 16.6 Å². The van der Waals surface area contributed by atoms with Gasteiger partial charge >= 0.3 is 5.69 Å². The van der Waals surface area contributed by atoms with Crippen molar-refractivity contribution in [3.05, 3.63) is 93.9 Å². The number of rotatable bonds is 9. The molecule has 6 aromatic rings. The minimum atomic E-state index is -0.0746. The third-order valence-corrected chi connectivity index (χ3v) is 9.57. The Morgan fingerprint density at radius 2 is 1.75 bits per heavy atom. The van der Waals surface area contributed by atoms with Crippen LogP contribution >= 0.6 is 23.4 Å². The van der Waals surface area contributed by atoms with Gasteiger partial charge in [-0.15, -0.1) is 10.2 Å². The molecule has 44 heavy (non-hydrogen) atoms. The molecule has 0 spiro atoms. The molecule has 0 unspecified atom stereocenters. The number of piperidine rings is 1. The lowest BCUT2D eigenvalue weighted by atomic mass is 10.0. The number of aromatic amines is 1. The van der Waals surface area contributed by atoms with Crippen molar-refractivity contribution in [2.45, 2.75) is 49.8 Å². The summed E-state index contributed by atoms with van der Waals surface area (Å²) in [7, 11) is 0. The lowest BCUT2D eigenvalue weighted by Gasteiger charge is -2.32. The number of amides is 1. The molecule has 1 saturated heterocycles. The zero-order valence-electron chi connectivity index (χ0n) is 24.2. The highest BCUT2D eigenvalue weighted by Crippen LogP contribution is 2.29. The summed E-state index contributed by atoms with van der Waals surface area (Å²) >= 11 is 7.83. The van der Waals surface area contributed by atoms with Crippen LogP contribution in [0.3, 0.4) is 0 Å². The van der Waals surface area contributed by atoms with Crippen molar-refractivity contribution in [3.8, 4) is 0 Å². The quantitative estimate of drug-likeness (QED) is 0.146. The van der Waals surface area contributed by atoms with E-state index in [-0.39, 0.29) is 17.6 Å². The number of carbonyl (C=O) groups excluding carboxylic acids is 1. The normalized spacial score (nSPS) is 14.2. The number of aromatic nitrogens is 6. The number of unbranched alkanes of at least 4 members (excludes halogenated alkanes) is 1. The average Bonchev–Trinajstić information content (AvgIpc) is 3.54. The predicted octanol–water partition coefficient (Wildman–Crippen LogP) is 6.45. The highest BCUT2D eigenvalue weighted by Gasteiger charge is 2.26. The van der Waals surface area contributed by atoms with E-state index in [1.807, 2.05) is 64.1 Å². The van der Waals surface area contributed by atoms with Crippen LogP contribution < -0.4 is 5.69 Å². The van der Waals surface area contributed by atoms with Gasteiger partial charge < -0.3 is 14.5 Å². The summed E-state index contributed by atoms with van der Waals surface area (Å²) in [5.41, 5.74) is 5.45. The summed E-state index contributed by atoms with van der Waals surface area (Å²) < 4.78 is 4.03. The van der Waals surface area contributed by atoms with Gasteiger partial charge in [-0.25, -0.2) is 9.78 Å². The third-order valence-electron chi connectivity index (χ3n) is 8.41. The predicted molar refractivity (Wildman–Crippen MR) is 175 cm³/mol. The van der Waals surface area contributed by atoms with E-state index in [2.05, 4.69) is 37.9 Å². The van der Waals surface area contributed by atoms with Crippen molar-refractivity contribution in [1.29, 1.82) is 0 Å².